The second-order valence-corrected chi connectivity index (χ2v) is 3.34. The monoisotopic (exact) mass is 229 g/mol. The van der Waals surface area contributed by atoms with Crippen LogP contribution in [0.2, 0.25) is 0 Å². The first kappa shape index (κ1) is 14.2. The van der Waals surface area contributed by atoms with Gasteiger partial charge < -0.3 is 4.74 Å². The first-order valence-corrected chi connectivity index (χ1v) is 4.36. The summed E-state index contributed by atoms with van der Waals surface area (Å²) in [6, 6.07) is 0. The molecule has 0 heterocycles. The predicted octanol–water partition coefficient (Wildman–Crippen LogP) is 1.27. The Morgan fingerprint density at radius 3 is 2.47 bits per heavy atom. The van der Waals surface area contributed by atoms with E-state index in [1.165, 1.54) is 0 Å². The molecule has 90 valence electrons. The topological polar surface area (TPSA) is 47.6 Å². The quantitative estimate of drug-likeness (QED) is 0.698. The van der Waals surface area contributed by atoms with E-state index < -0.39 is 25.3 Å². The molecule has 15 heavy (non-hydrogen) atoms. The van der Waals surface area contributed by atoms with E-state index in [4.69, 9.17) is 0 Å². The summed E-state index contributed by atoms with van der Waals surface area (Å²) in [6.07, 6.45) is -4.42. The van der Waals surface area contributed by atoms with Crippen molar-refractivity contribution in [2.45, 2.75) is 20.0 Å². The van der Waals surface area contributed by atoms with Gasteiger partial charge >= 0.3 is 6.18 Å². The Balaban J connectivity index is 3.42. The molecular formula is C8H14F3NO3. The number of halogens is 3. The second-order valence-electron chi connectivity index (χ2n) is 3.34. The number of hydrogen-bond donors (Lipinski definition) is 1. The summed E-state index contributed by atoms with van der Waals surface area (Å²) in [4.78, 5) is 15.5. The molecule has 1 N–H and O–H groups in total. The van der Waals surface area contributed by atoms with E-state index in [0.29, 0.717) is 6.61 Å². The number of carbonyl (C=O) groups is 1. The van der Waals surface area contributed by atoms with E-state index in [1.54, 1.807) is 0 Å². The molecule has 0 aliphatic heterocycles. The number of carbonyl (C=O) groups excluding carboxylic acids is 1. The third-order valence-corrected chi connectivity index (χ3v) is 1.10. The van der Waals surface area contributed by atoms with E-state index in [2.05, 4.69) is 9.57 Å². The highest BCUT2D eigenvalue weighted by Gasteiger charge is 2.27. The van der Waals surface area contributed by atoms with Crippen molar-refractivity contribution in [2.24, 2.45) is 5.92 Å². The van der Waals surface area contributed by atoms with Crippen LogP contribution >= 0.6 is 0 Å². The average molecular weight is 229 g/mol. The van der Waals surface area contributed by atoms with Crippen LogP contribution in [-0.4, -0.2) is 31.9 Å². The zero-order chi connectivity index (χ0) is 11.9. The van der Waals surface area contributed by atoms with Gasteiger partial charge in [-0.1, -0.05) is 13.8 Å². The van der Waals surface area contributed by atoms with Crippen LogP contribution < -0.4 is 5.48 Å². The summed E-state index contributed by atoms with van der Waals surface area (Å²) in [5, 5.41) is 0. The minimum absolute atomic E-state index is 0.224. The van der Waals surface area contributed by atoms with Crippen molar-refractivity contribution >= 4 is 5.91 Å². The Morgan fingerprint density at radius 1 is 1.40 bits per heavy atom. The lowest BCUT2D eigenvalue weighted by atomic mass is 10.2. The number of nitrogens with one attached hydrogen (secondary N) is 1. The van der Waals surface area contributed by atoms with E-state index >= 15 is 0 Å². The van der Waals surface area contributed by atoms with Crippen molar-refractivity contribution in [3.63, 3.8) is 0 Å². The molecule has 0 rings (SSSR count). The van der Waals surface area contributed by atoms with Crippen molar-refractivity contribution in [1.82, 2.24) is 5.48 Å². The van der Waals surface area contributed by atoms with Crippen LogP contribution in [0.3, 0.4) is 0 Å². The van der Waals surface area contributed by atoms with Gasteiger partial charge in [0.15, 0.2) is 0 Å². The highest BCUT2D eigenvalue weighted by Crippen LogP contribution is 2.13. The van der Waals surface area contributed by atoms with E-state index in [0.717, 1.165) is 0 Å². The van der Waals surface area contributed by atoms with Crippen molar-refractivity contribution < 1.29 is 27.5 Å². The third-order valence-electron chi connectivity index (χ3n) is 1.10. The normalized spacial score (nSPS) is 11.9. The van der Waals surface area contributed by atoms with Crippen LogP contribution in [0.4, 0.5) is 13.2 Å². The zero-order valence-electron chi connectivity index (χ0n) is 8.56. The van der Waals surface area contributed by atoms with Gasteiger partial charge in [-0.25, -0.2) is 5.48 Å². The lowest BCUT2D eigenvalue weighted by molar-refractivity contribution is -0.178. The molecule has 0 aliphatic rings. The maximum absolute atomic E-state index is 11.6. The average Bonchev–Trinajstić information content (AvgIpc) is 2.00. The molecule has 0 saturated carbocycles. The summed E-state index contributed by atoms with van der Waals surface area (Å²) in [6.45, 7) is 1.92. The summed E-state index contributed by atoms with van der Waals surface area (Å²) in [7, 11) is 0. The molecule has 0 aromatic carbocycles. The molecular weight excluding hydrogens is 215 g/mol. The second kappa shape index (κ2) is 6.62. The number of hydrogen-bond acceptors (Lipinski definition) is 3. The molecule has 0 atom stereocenters. The molecule has 0 fully saturated rings. The lowest BCUT2D eigenvalue weighted by Crippen LogP contribution is -2.31. The summed E-state index contributed by atoms with van der Waals surface area (Å²) in [5.74, 6) is -0.513. The third kappa shape index (κ3) is 11.1. The summed E-state index contributed by atoms with van der Waals surface area (Å²) < 4.78 is 38.8. The van der Waals surface area contributed by atoms with E-state index in [-0.39, 0.29) is 5.92 Å². The van der Waals surface area contributed by atoms with Gasteiger partial charge in [-0.3, -0.25) is 9.63 Å². The van der Waals surface area contributed by atoms with Crippen LogP contribution in [-0.2, 0) is 14.4 Å². The predicted molar refractivity (Wildman–Crippen MR) is 45.8 cm³/mol. The van der Waals surface area contributed by atoms with E-state index in [9.17, 15) is 18.0 Å². The maximum Gasteiger partial charge on any atom is 0.411 e. The smallest absolute Gasteiger partial charge is 0.362 e. The van der Waals surface area contributed by atoms with Gasteiger partial charge in [-0.15, -0.1) is 0 Å². The molecule has 0 bridgehead atoms. The van der Waals surface area contributed by atoms with Crippen molar-refractivity contribution in [2.75, 3.05) is 19.8 Å². The minimum atomic E-state index is -4.42. The van der Waals surface area contributed by atoms with Crippen LogP contribution in [0, 0.1) is 5.92 Å². The fraction of sp³-hybridized carbons (Fsp3) is 0.875. The Labute approximate surface area is 85.7 Å². The molecule has 0 saturated heterocycles. The Bertz CT molecular complexity index is 194. The first-order valence-electron chi connectivity index (χ1n) is 4.36. The molecule has 4 nitrogen and oxygen atoms in total. The first-order chi connectivity index (χ1) is 6.81. The Kier molecular flexibility index (Phi) is 6.26. The van der Waals surface area contributed by atoms with Crippen LogP contribution in [0.15, 0.2) is 0 Å². The molecule has 1 amide bonds. The molecule has 0 spiro atoms. The number of amides is 1. The van der Waals surface area contributed by atoms with Gasteiger partial charge in [0.05, 0.1) is 6.61 Å². The Hall–Kier alpha value is -0.820. The number of rotatable bonds is 6. The van der Waals surface area contributed by atoms with Gasteiger partial charge in [-0.05, 0) is 5.92 Å². The van der Waals surface area contributed by atoms with Crippen LogP contribution in [0.5, 0.6) is 0 Å². The van der Waals surface area contributed by atoms with Gasteiger partial charge in [0.25, 0.3) is 5.91 Å². The van der Waals surface area contributed by atoms with E-state index in [1.807, 2.05) is 19.3 Å². The van der Waals surface area contributed by atoms with Gasteiger partial charge in [-0.2, -0.15) is 13.2 Å². The number of ether oxygens (including phenoxy) is 1. The lowest BCUT2D eigenvalue weighted by Gasteiger charge is -2.09. The molecule has 7 heteroatoms. The highest BCUT2D eigenvalue weighted by atomic mass is 19.4. The standard InChI is InChI=1S/C8H14F3NO3/c1-6(2)3-15-12-7(13)4-14-5-8(9,10)11/h6H,3-5H2,1-2H3,(H,12,13). The highest BCUT2D eigenvalue weighted by molar-refractivity contribution is 5.75. The Morgan fingerprint density at radius 2 is 2.00 bits per heavy atom. The van der Waals surface area contributed by atoms with Gasteiger partial charge in [0, 0.05) is 0 Å². The SMILES string of the molecule is CC(C)CONC(=O)COCC(F)(F)F. The van der Waals surface area contributed by atoms with Gasteiger partial charge in [0.1, 0.15) is 13.2 Å². The van der Waals surface area contributed by atoms with Crippen molar-refractivity contribution in [3.8, 4) is 0 Å². The molecule has 0 aromatic rings. The molecule has 0 radical (unpaired) electrons. The van der Waals surface area contributed by atoms with Gasteiger partial charge in [0.2, 0.25) is 0 Å². The van der Waals surface area contributed by atoms with Crippen LogP contribution in [0.1, 0.15) is 13.8 Å². The largest absolute Gasteiger partial charge is 0.411 e. The van der Waals surface area contributed by atoms with Crippen molar-refractivity contribution in [1.29, 1.82) is 0 Å². The summed E-state index contributed by atoms with van der Waals surface area (Å²) in [5.41, 5.74) is 1.97. The fourth-order valence-electron chi connectivity index (χ4n) is 0.578. The molecule has 0 aromatic heterocycles. The molecule has 0 unspecified atom stereocenters. The minimum Gasteiger partial charge on any atom is -0.362 e. The number of hydroxylamine groups is 1. The number of alkyl halides is 3. The van der Waals surface area contributed by atoms with Crippen molar-refractivity contribution in [3.05, 3.63) is 0 Å². The maximum atomic E-state index is 11.6. The zero-order valence-corrected chi connectivity index (χ0v) is 8.56. The molecule has 0 aliphatic carbocycles. The van der Waals surface area contributed by atoms with Crippen LogP contribution in [0.25, 0.3) is 0 Å². The summed E-state index contributed by atoms with van der Waals surface area (Å²) >= 11 is 0. The fourth-order valence-corrected chi connectivity index (χ4v) is 0.578.